The molecule has 1 saturated carbocycles. The van der Waals surface area contributed by atoms with Crippen molar-refractivity contribution in [1.29, 1.82) is 0 Å². The molecule has 2 fully saturated rings. The fourth-order valence-electron chi connectivity index (χ4n) is 2.79. The van der Waals surface area contributed by atoms with Gasteiger partial charge in [-0.05, 0) is 38.8 Å². The zero-order valence-corrected chi connectivity index (χ0v) is 10.2. The molecule has 0 unspecified atom stereocenters. The van der Waals surface area contributed by atoms with Crippen LogP contribution >= 0.6 is 0 Å². The van der Waals surface area contributed by atoms with E-state index in [1.165, 1.54) is 44.9 Å². The SMILES string of the molecule is O[C@H](COC1CCCCC1)CN1CCCC1. The third kappa shape index (κ3) is 4.04. The maximum absolute atomic E-state index is 9.87. The van der Waals surface area contributed by atoms with Crippen molar-refractivity contribution in [3.05, 3.63) is 0 Å². The van der Waals surface area contributed by atoms with Gasteiger partial charge in [-0.3, -0.25) is 0 Å². The molecule has 0 radical (unpaired) electrons. The Balaban J connectivity index is 1.57. The lowest BCUT2D eigenvalue weighted by Gasteiger charge is -2.25. The monoisotopic (exact) mass is 227 g/mol. The van der Waals surface area contributed by atoms with Crippen molar-refractivity contribution in [3.63, 3.8) is 0 Å². The summed E-state index contributed by atoms with van der Waals surface area (Å²) in [5, 5.41) is 9.87. The highest BCUT2D eigenvalue weighted by Gasteiger charge is 2.18. The van der Waals surface area contributed by atoms with Crippen LogP contribution in [0.5, 0.6) is 0 Å². The van der Waals surface area contributed by atoms with Crippen LogP contribution in [-0.2, 0) is 4.74 Å². The van der Waals surface area contributed by atoms with E-state index in [0.29, 0.717) is 12.7 Å². The van der Waals surface area contributed by atoms with Gasteiger partial charge >= 0.3 is 0 Å². The van der Waals surface area contributed by atoms with Crippen molar-refractivity contribution in [2.75, 3.05) is 26.2 Å². The minimum absolute atomic E-state index is 0.292. The first kappa shape index (κ1) is 12.3. The lowest BCUT2D eigenvalue weighted by atomic mass is 9.98. The van der Waals surface area contributed by atoms with Crippen LogP contribution < -0.4 is 0 Å². The summed E-state index contributed by atoms with van der Waals surface area (Å²) in [6.45, 7) is 3.63. The molecular weight excluding hydrogens is 202 g/mol. The van der Waals surface area contributed by atoms with Gasteiger partial charge in [0.25, 0.3) is 0 Å². The van der Waals surface area contributed by atoms with Crippen LogP contribution in [0.4, 0.5) is 0 Å². The molecule has 1 aliphatic carbocycles. The number of hydrogen-bond donors (Lipinski definition) is 1. The van der Waals surface area contributed by atoms with Crippen LogP contribution in [0.2, 0.25) is 0 Å². The fourth-order valence-corrected chi connectivity index (χ4v) is 2.79. The third-order valence-corrected chi connectivity index (χ3v) is 3.74. The summed E-state index contributed by atoms with van der Waals surface area (Å²) in [5.74, 6) is 0. The first-order chi connectivity index (χ1) is 7.84. The molecule has 3 nitrogen and oxygen atoms in total. The summed E-state index contributed by atoms with van der Waals surface area (Å²) in [4.78, 5) is 2.34. The zero-order valence-electron chi connectivity index (χ0n) is 10.2. The van der Waals surface area contributed by atoms with Crippen molar-refractivity contribution in [2.24, 2.45) is 0 Å². The Bertz CT molecular complexity index is 186. The summed E-state index contributed by atoms with van der Waals surface area (Å²) < 4.78 is 5.78. The molecule has 1 atom stereocenters. The average Bonchev–Trinajstić information content (AvgIpc) is 2.81. The number of aliphatic hydroxyl groups excluding tert-OH is 1. The Labute approximate surface area is 98.8 Å². The molecule has 16 heavy (non-hydrogen) atoms. The molecule has 0 aromatic heterocycles. The second kappa shape index (κ2) is 6.58. The topological polar surface area (TPSA) is 32.7 Å². The van der Waals surface area contributed by atoms with Crippen LogP contribution in [0.1, 0.15) is 44.9 Å². The summed E-state index contributed by atoms with van der Waals surface area (Å²) >= 11 is 0. The molecule has 0 aromatic rings. The molecule has 2 aliphatic rings. The molecule has 1 N–H and O–H groups in total. The van der Waals surface area contributed by atoms with Crippen LogP contribution in [0, 0.1) is 0 Å². The predicted octanol–water partition coefficient (Wildman–Crippen LogP) is 1.79. The largest absolute Gasteiger partial charge is 0.389 e. The van der Waals surface area contributed by atoms with E-state index in [1.54, 1.807) is 0 Å². The standard InChI is InChI=1S/C13H25NO2/c15-12(10-14-8-4-5-9-14)11-16-13-6-2-1-3-7-13/h12-13,15H,1-11H2/t12-/m0/s1. The van der Waals surface area contributed by atoms with Crippen molar-refractivity contribution in [1.82, 2.24) is 4.90 Å². The molecule has 0 spiro atoms. The Morgan fingerprint density at radius 1 is 1.06 bits per heavy atom. The van der Waals surface area contributed by atoms with Crippen molar-refractivity contribution in [2.45, 2.75) is 57.2 Å². The normalized spacial score (nSPS) is 26.1. The van der Waals surface area contributed by atoms with Crippen LogP contribution in [0.3, 0.4) is 0 Å². The third-order valence-electron chi connectivity index (χ3n) is 3.74. The molecular formula is C13H25NO2. The number of nitrogens with zero attached hydrogens (tertiary/aromatic N) is 1. The molecule has 1 aliphatic heterocycles. The molecule has 0 amide bonds. The molecule has 94 valence electrons. The lowest BCUT2D eigenvalue weighted by Crippen LogP contribution is -2.34. The summed E-state index contributed by atoms with van der Waals surface area (Å²) in [6.07, 6.45) is 9.04. The van der Waals surface area contributed by atoms with E-state index in [0.717, 1.165) is 19.6 Å². The first-order valence-corrected chi connectivity index (χ1v) is 6.86. The van der Waals surface area contributed by atoms with Gasteiger partial charge in [0.15, 0.2) is 0 Å². The van der Waals surface area contributed by atoms with Gasteiger partial charge in [-0.1, -0.05) is 19.3 Å². The van der Waals surface area contributed by atoms with E-state index in [1.807, 2.05) is 0 Å². The highest BCUT2D eigenvalue weighted by atomic mass is 16.5. The number of rotatable bonds is 5. The van der Waals surface area contributed by atoms with Gasteiger partial charge in [0.05, 0.1) is 18.8 Å². The Morgan fingerprint density at radius 2 is 1.75 bits per heavy atom. The van der Waals surface area contributed by atoms with Gasteiger partial charge in [-0.25, -0.2) is 0 Å². The van der Waals surface area contributed by atoms with Crippen molar-refractivity contribution >= 4 is 0 Å². The van der Waals surface area contributed by atoms with E-state index < -0.39 is 0 Å². The van der Waals surface area contributed by atoms with Gasteiger partial charge in [-0.15, -0.1) is 0 Å². The van der Waals surface area contributed by atoms with Gasteiger partial charge in [0, 0.05) is 6.54 Å². The lowest BCUT2D eigenvalue weighted by molar-refractivity contribution is -0.0315. The first-order valence-electron chi connectivity index (χ1n) is 6.86. The second-order valence-corrected chi connectivity index (χ2v) is 5.25. The van der Waals surface area contributed by atoms with E-state index in [2.05, 4.69) is 4.90 Å². The van der Waals surface area contributed by atoms with Crippen molar-refractivity contribution < 1.29 is 9.84 Å². The minimum Gasteiger partial charge on any atom is -0.389 e. The van der Waals surface area contributed by atoms with Gasteiger partial charge < -0.3 is 14.7 Å². The van der Waals surface area contributed by atoms with Gasteiger partial charge in [0.2, 0.25) is 0 Å². The molecule has 1 saturated heterocycles. The summed E-state index contributed by atoms with van der Waals surface area (Å²) in [6, 6.07) is 0. The van der Waals surface area contributed by atoms with E-state index >= 15 is 0 Å². The summed E-state index contributed by atoms with van der Waals surface area (Å²) in [7, 11) is 0. The fraction of sp³-hybridized carbons (Fsp3) is 1.00. The number of hydrogen-bond acceptors (Lipinski definition) is 3. The Kier molecular flexibility index (Phi) is 5.07. The number of likely N-dealkylation sites (tertiary alicyclic amines) is 1. The van der Waals surface area contributed by atoms with Gasteiger partial charge in [0.1, 0.15) is 0 Å². The average molecular weight is 227 g/mol. The van der Waals surface area contributed by atoms with E-state index in [9.17, 15) is 5.11 Å². The van der Waals surface area contributed by atoms with Crippen LogP contribution in [-0.4, -0.2) is 48.5 Å². The molecule has 2 rings (SSSR count). The zero-order chi connectivity index (χ0) is 11.2. The minimum atomic E-state index is -0.292. The highest BCUT2D eigenvalue weighted by Crippen LogP contribution is 2.20. The smallest absolute Gasteiger partial charge is 0.0900 e. The van der Waals surface area contributed by atoms with Crippen molar-refractivity contribution in [3.8, 4) is 0 Å². The second-order valence-electron chi connectivity index (χ2n) is 5.25. The van der Waals surface area contributed by atoms with E-state index in [4.69, 9.17) is 4.74 Å². The van der Waals surface area contributed by atoms with Gasteiger partial charge in [-0.2, -0.15) is 0 Å². The Morgan fingerprint density at radius 3 is 2.44 bits per heavy atom. The number of aliphatic hydroxyl groups is 1. The highest BCUT2D eigenvalue weighted by molar-refractivity contribution is 4.71. The number of ether oxygens (including phenoxy) is 1. The van der Waals surface area contributed by atoms with Crippen LogP contribution in [0.15, 0.2) is 0 Å². The maximum Gasteiger partial charge on any atom is 0.0900 e. The predicted molar refractivity (Wildman–Crippen MR) is 64.5 cm³/mol. The molecule has 1 heterocycles. The number of β-amino-alcohol motifs (C(OH)–C–C–N with tert-alkyl or cyclic N) is 1. The summed E-state index contributed by atoms with van der Waals surface area (Å²) in [5.41, 5.74) is 0. The molecule has 0 aromatic carbocycles. The maximum atomic E-state index is 9.87. The molecule has 0 bridgehead atoms. The Hall–Kier alpha value is -0.120. The quantitative estimate of drug-likeness (QED) is 0.777. The van der Waals surface area contributed by atoms with E-state index in [-0.39, 0.29) is 6.10 Å². The molecule has 3 heteroatoms. The van der Waals surface area contributed by atoms with Crippen LogP contribution in [0.25, 0.3) is 0 Å².